The van der Waals surface area contributed by atoms with Crippen LogP contribution in [0.2, 0.25) is 0 Å². The second kappa shape index (κ2) is 4.04. The Morgan fingerprint density at radius 2 is 2.20 bits per heavy atom. The van der Waals surface area contributed by atoms with E-state index >= 15 is 0 Å². The highest BCUT2D eigenvalue weighted by Crippen LogP contribution is 2.33. The van der Waals surface area contributed by atoms with Gasteiger partial charge < -0.3 is 0 Å². The van der Waals surface area contributed by atoms with Crippen LogP contribution < -0.4 is 0 Å². The first-order chi connectivity index (χ1) is 7.24. The molecule has 0 aliphatic carbocycles. The van der Waals surface area contributed by atoms with Gasteiger partial charge in [0.2, 0.25) is 0 Å². The largest absolute Gasteiger partial charge is 0.278 e. The van der Waals surface area contributed by atoms with Crippen LogP contribution in [0.3, 0.4) is 0 Å². The fraction of sp³-hybridized carbons (Fsp3) is 0. The molecule has 4 nitrogen and oxygen atoms in total. The summed E-state index contributed by atoms with van der Waals surface area (Å²) in [6.45, 7) is 0. The van der Waals surface area contributed by atoms with Crippen molar-refractivity contribution in [2.75, 3.05) is 0 Å². The molecule has 0 aliphatic rings. The van der Waals surface area contributed by atoms with Gasteiger partial charge in [0.25, 0.3) is 5.69 Å². The summed E-state index contributed by atoms with van der Waals surface area (Å²) >= 11 is 0. The summed E-state index contributed by atoms with van der Waals surface area (Å²) in [4.78, 5) is 15.1. The number of hydrogen-bond donors (Lipinski definition) is 0. The highest BCUT2D eigenvalue weighted by Gasteiger charge is 2.14. The van der Waals surface area contributed by atoms with Gasteiger partial charge in [0.15, 0.2) is 0 Å². The van der Waals surface area contributed by atoms with Crippen LogP contribution in [0.5, 0.6) is 0 Å². The third-order valence-corrected chi connectivity index (χ3v) is 2.98. The highest BCUT2D eigenvalue weighted by molar-refractivity contribution is 8.21. The zero-order valence-corrected chi connectivity index (χ0v) is 8.96. The van der Waals surface area contributed by atoms with Crippen molar-refractivity contribution in [3.8, 4) is 0 Å². The maximum absolute atomic E-state index is 10.8. The fourth-order valence-electron chi connectivity index (χ4n) is 1.35. The van der Waals surface area contributed by atoms with E-state index in [1.54, 1.807) is 24.4 Å². The minimum Gasteiger partial charge on any atom is -0.258 e. The molecule has 0 saturated carbocycles. The molecule has 2 aromatic rings. The second-order valence-corrected chi connectivity index (χ2v) is 3.87. The summed E-state index contributed by atoms with van der Waals surface area (Å²) in [5, 5.41) is 11.3. The molecule has 15 heavy (non-hydrogen) atoms. The smallest absolute Gasteiger partial charge is 0.258 e. The van der Waals surface area contributed by atoms with Gasteiger partial charge in [0.05, 0.1) is 20.7 Å². The molecule has 0 amide bonds. The predicted molar refractivity (Wildman–Crippen MR) is 60.1 cm³/mol. The third-order valence-electron chi connectivity index (χ3n) is 1.99. The molecule has 0 fully saturated rings. The third kappa shape index (κ3) is 1.75. The van der Waals surface area contributed by atoms with E-state index in [0.717, 1.165) is 15.9 Å². The average Bonchev–Trinajstić information content (AvgIpc) is 2.27. The number of aromatic nitrogens is 1. The fourth-order valence-corrected chi connectivity index (χ4v) is 2.08. The average molecular weight is 241 g/mol. The molecule has 1 aromatic carbocycles. The molecule has 2 rings (SSSR count). The number of rotatable bonds is 2. The summed E-state index contributed by atoms with van der Waals surface area (Å²) < 4.78 is 0. The van der Waals surface area contributed by atoms with Crippen molar-refractivity contribution in [1.29, 1.82) is 0 Å². The Morgan fingerprint density at radius 1 is 1.40 bits per heavy atom. The molecular formula is C9H5ClN2O2S. The van der Waals surface area contributed by atoms with Gasteiger partial charge in [-0.3, -0.25) is 15.1 Å². The lowest BCUT2D eigenvalue weighted by Gasteiger charge is -2.01. The van der Waals surface area contributed by atoms with E-state index in [2.05, 4.69) is 4.98 Å². The first kappa shape index (κ1) is 10.2. The van der Waals surface area contributed by atoms with E-state index in [4.69, 9.17) is 10.7 Å². The molecule has 6 heteroatoms. The van der Waals surface area contributed by atoms with Crippen molar-refractivity contribution in [3.05, 3.63) is 40.6 Å². The predicted octanol–water partition coefficient (Wildman–Crippen LogP) is 3.39. The van der Waals surface area contributed by atoms with E-state index in [1.165, 1.54) is 6.07 Å². The number of nitro benzene ring substituents is 1. The number of nitro groups is 1. The van der Waals surface area contributed by atoms with E-state index in [1.807, 2.05) is 0 Å². The van der Waals surface area contributed by atoms with Gasteiger partial charge in [-0.1, -0.05) is 0 Å². The van der Waals surface area contributed by atoms with Crippen LogP contribution in [0.1, 0.15) is 0 Å². The number of fused-ring (bicyclic) bond motifs is 1. The number of non-ortho nitro benzene ring substituents is 1. The van der Waals surface area contributed by atoms with Gasteiger partial charge in [-0.25, -0.2) is 0 Å². The van der Waals surface area contributed by atoms with Crippen LogP contribution in [0.15, 0.2) is 35.4 Å². The van der Waals surface area contributed by atoms with Crippen molar-refractivity contribution in [2.45, 2.75) is 4.90 Å². The van der Waals surface area contributed by atoms with Crippen LogP contribution in [0.4, 0.5) is 5.69 Å². The second-order valence-electron chi connectivity index (χ2n) is 2.82. The molecule has 0 bridgehead atoms. The maximum Gasteiger partial charge on any atom is 0.278 e. The molecular weight excluding hydrogens is 236 g/mol. The van der Waals surface area contributed by atoms with Gasteiger partial charge in [-0.2, -0.15) is 0 Å². The van der Waals surface area contributed by atoms with Crippen LogP contribution in [-0.2, 0) is 0 Å². The van der Waals surface area contributed by atoms with E-state index in [9.17, 15) is 10.1 Å². The van der Waals surface area contributed by atoms with Crippen LogP contribution in [0, 0.1) is 10.1 Å². The Bertz CT molecular complexity index is 533. The summed E-state index contributed by atoms with van der Waals surface area (Å²) in [6.07, 6.45) is 1.59. The van der Waals surface area contributed by atoms with E-state index in [-0.39, 0.29) is 5.69 Å². The molecule has 76 valence electrons. The molecule has 1 heterocycles. The molecule has 0 spiro atoms. The Hall–Kier alpha value is -1.33. The number of hydrogen-bond acceptors (Lipinski definition) is 4. The maximum atomic E-state index is 10.8. The first-order valence-corrected chi connectivity index (χ1v) is 5.69. The minimum atomic E-state index is -0.424. The molecule has 0 saturated heterocycles. The quantitative estimate of drug-likeness (QED) is 0.596. The summed E-state index contributed by atoms with van der Waals surface area (Å²) in [6, 6.07) is 6.37. The number of pyridine rings is 1. The molecule has 0 aliphatic heterocycles. The standard InChI is InChI=1S/C9H5ClN2O2S/c10-15-8-4-3-7(12(13)14)6-2-1-5-11-9(6)8/h1-5H. The molecule has 0 unspecified atom stereocenters. The van der Waals surface area contributed by atoms with Gasteiger partial charge >= 0.3 is 0 Å². The Labute approximate surface area is 93.9 Å². The molecule has 0 N–H and O–H groups in total. The van der Waals surface area contributed by atoms with E-state index < -0.39 is 4.92 Å². The SMILES string of the molecule is O=[N+]([O-])c1ccc(SCl)c2ncccc12. The molecule has 0 radical (unpaired) electrons. The van der Waals surface area contributed by atoms with Crippen molar-refractivity contribution in [3.63, 3.8) is 0 Å². The number of nitrogens with zero attached hydrogens (tertiary/aromatic N) is 2. The van der Waals surface area contributed by atoms with Crippen molar-refractivity contribution >= 4 is 38.2 Å². The number of benzene rings is 1. The minimum absolute atomic E-state index is 0.0487. The molecule has 0 atom stereocenters. The lowest BCUT2D eigenvalue weighted by molar-refractivity contribution is -0.383. The molecule has 1 aromatic heterocycles. The summed E-state index contributed by atoms with van der Waals surface area (Å²) in [7, 11) is 6.65. The Balaban J connectivity index is 2.83. The van der Waals surface area contributed by atoms with Gasteiger partial charge in [-0.15, -0.1) is 0 Å². The van der Waals surface area contributed by atoms with Crippen molar-refractivity contribution < 1.29 is 4.92 Å². The van der Waals surface area contributed by atoms with Crippen molar-refractivity contribution in [2.24, 2.45) is 0 Å². The lowest BCUT2D eigenvalue weighted by atomic mass is 10.2. The zero-order valence-electron chi connectivity index (χ0n) is 7.38. The topological polar surface area (TPSA) is 56.0 Å². The summed E-state index contributed by atoms with van der Waals surface area (Å²) in [5.74, 6) is 0. The Kier molecular flexibility index (Phi) is 2.75. The normalized spacial score (nSPS) is 10.5. The van der Waals surface area contributed by atoms with Crippen molar-refractivity contribution in [1.82, 2.24) is 4.98 Å². The van der Waals surface area contributed by atoms with Gasteiger partial charge in [0.1, 0.15) is 0 Å². The van der Waals surface area contributed by atoms with Crippen LogP contribution in [0.25, 0.3) is 10.9 Å². The Morgan fingerprint density at radius 3 is 2.87 bits per heavy atom. The first-order valence-electron chi connectivity index (χ1n) is 4.05. The van der Waals surface area contributed by atoms with E-state index in [0.29, 0.717) is 10.9 Å². The monoisotopic (exact) mass is 240 g/mol. The number of halogens is 1. The van der Waals surface area contributed by atoms with Gasteiger partial charge in [0, 0.05) is 12.3 Å². The lowest BCUT2D eigenvalue weighted by Crippen LogP contribution is -1.91. The van der Waals surface area contributed by atoms with Crippen LogP contribution >= 0.6 is 21.7 Å². The van der Waals surface area contributed by atoms with Crippen LogP contribution in [-0.4, -0.2) is 9.91 Å². The zero-order chi connectivity index (χ0) is 10.8. The highest BCUT2D eigenvalue weighted by atomic mass is 35.7. The summed E-state index contributed by atoms with van der Waals surface area (Å²) in [5.41, 5.74) is 0.610. The van der Waals surface area contributed by atoms with Gasteiger partial charge in [-0.05, 0) is 39.9 Å².